The number of H-pyrrole nitrogens is 1. The fourth-order valence-corrected chi connectivity index (χ4v) is 3.52. The van der Waals surface area contributed by atoms with Crippen LogP contribution in [0.1, 0.15) is 47.1 Å². The van der Waals surface area contributed by atoms with Gasteiger partial charge in [-0.1, -0.05) is 32.1 Å². The standard InChI is InChI=1S/C23H24FN5O3/c1-13(2)20-23(31)28-21-17(27-20)6-5-15(19(21)24)11-29-9-8-16(12-32-29)14-4-7-18(26-10-14)22(30)25-3/h4-8,10,13H,9,11-12H2,1-3H3,(H,25,30)(H,28,31). The Bertz CT molecular complexity index is 1250. The molecule has 3 aromatic rings. The summed E-state index contributed by atoms with van der Waals surface area (Å²) in [4.78, 5) is 40.8. The van der Waals surface area contributed by atoms with Gasteiger partial charge in [-0.15, -0.1) is 0 Å². The van der Waals surface area contributed by atoms with Crippen LogP contribution in [0.2, 0.25) is 0 Å². The third-order valence-corrected chi connectivity index (χ3v) is 5.34. The number of fused-ring (bicyclic) bond motifs is 1. The van der Waals surface area contributed by atoms with Crippen molar-refractivity contribution in [1.82, 2.24) is 25.3 Å². The Balaban J connectivity index is 1.49. The fourth-order valence-electron chi connectivity index (χ4n) is 3.52. The Morgan fingerprint density at radius 3 is 2.75 bits per heavy atom. The first-order valence-electron chi connectivity index (χ1n) is 10.3. The minimum absolute atomic E-state index is 0.0520. The Hall–Kier alpha value is -3.43. The third kappa shape index (κ3) is 4.30. The van der Waals surface area contributed by atoms with Crippen LogP contribution >= 0.6 is 0 Å². The lowest BCUT2D eigenvalue weighted by atomic mass is 10.1. The molecule has 4 rings (SSSR count). The molecule has 0 unspecified atom stereocenters. The van der Waals surface area contributed by atoms with Gasteiger partial charge in [0.2, 0.25) is 0 Å². The van der Waals surface area contributed by atoms with Crippen molar-refractivity contribution in [1.29, 1.82) is 0 Å². The maximum Gasteiger partial charge on any atom is 0.270 e. The Kier molecular flexibility index (Phi) is 6.11. The molecule has 0 bridgehead atoms. The van der Waals surface area contributed by atoms with Gasteiger partial charge < -0.3 is 10.3 Å². The predicted molar refractivity (Wildman–Crippen MR) is 118 cm³/mol. The summed E-state index contributed by atoms with van der Waals surface area (Å²) in [6.07, 6.45) is 3.62. The normalized spacial score (nSPS) is 14.6. The second-order valence-corrected chi connectivity index (χ2v) is 7.88. The van der Waals surface area contributed by atoms with Crippen molar-refractivity contribution in [2.24, 2.45) is 0 Å². The highest BCUT2D eigenvalue weighted by atomic mass is 19.1. The number of aromatic nitrogens is 3. The second kappa shape index (κ2) is 8.97. The van der Waals surface area contributed by atoms with Crippen LogP contribution in [0.5, 0.6) is 0 Å². The summed E-state index contributed by atoms with van der Waals surface area (Å²) in [6.45, 7) is 4.71. The summed E-state index contributed by atoms with van der Waals surface area (Å²) in [5.41, 5.74) is 3.08. The van der Waals surface area contributed by atoms with E-state index >= 15 is 4.39 Å². The topological polar surface area (TPSA) is 100 Å². The number of carbonyl (C=O) groups is 1. The van der Waals surface area contributed by atoms with Crippen molar-refractivity contribution < 1.29 is 14.0 Å². The van der Waals surface area contributed by atoms with Crippen molar-refractivity contribution in [3.05, 3.63) is 75.2 Å². The predicted octanol–water partition coefficient (Wildman–Crippen LogP) is 2.77. The Morgan fingerprint density at radius 1 is 1.31 bits per heavy atom. The molecule has 32 heavy (non-hydrogen) atoms. The highest BCUT2D eigenvalue weighted by Gasteiger charge is 2.19. The molecular weight excluding hydrogens is 413 g/mol. The van der Waals surface area contributed by atoms with E-state index in [0.29, 0.717) is 35.6 Å². The summed E-state index contributed by atoms with van der Waals surface area (Å²) < 4.78 is 15.1. The maximum atomic E-state index is 15.1. The van der Waals surface area contributed by atoms with Crippen LogP contribution < -0.4 is 10.9 Å². The summed E-state index contributed by atoms with van der Waals surface area (Å²) in [5.74, 6) is -0.801. The molecule has 0 saturated carbocycles. The lowest BCUT2D eigenvalue weighted by Gasteiger charge is -2.26. The minimum atomic E-state index is -0.505. The molecule has 2 aromatic heterocycles. The summed E-state index contributed by atoms with van der Waals surface area (Å²) >= 11 is 0. The molecule has 0 saturated heterocycles. The third-order valence-electron chi connectivity index (χ3n) is 5.34. The van der Waals surface area contributed by atoms with Crippen LogP contribution in [0.3, 0.4) is 0 Å². The number of hydrogen-bond donors (Lipinski definition) is 2. The van der Waals surface area contributed by atoms with Gasteiger partial charge in [0.15, 0.2) is 5.82 Å². The molecule has 0 spiro atoms. The lowest BCUT2D eigenvalue weighted by Crippen LogP contribution is -2.29. The van der Waals surface area contributed by atoms with Crippen LogP contribution in [-0.4, -0.2) is 46.1 Å². The number of aromatic amines is 1. The van der Waals surface area contributed by atoms with Crippen LogP contribution in [0.15, 0.2) is 41.3 Å². The largest absolute Gasteiger partial charge is 0.354 e. The number of halogens is 1. The van der Waals surface area contributed by atoms with Crippen molar-refractivity contribution in [2.75, 3.05) is 20.2 Å². The van der Waals surface area contributed by atoms with Gasteiger partial charge in [0.05, 0.1) is 18.7 Å². The number of hydrogen-bond acceptors (Lipinski definition) is 6. The number of hydroxylamine groups is 2. The van der Waals surface area contributed by atoms with Crippen molar-refractivity contribution in [3.8, 4) is 0 Å². The molecule has 2 N–H and O–H groups in total. The number of amides is 1. The molecular formula is C23H24FN5O3. The molecule has 0 fully saturated rings. The van der Waals surface area contributed by atoms with Gasteiger partial charge >= 0.3 is 0 Å². The Morgan fingerprint density at radius 2 is 2.12 bits per heavy atom. The first kappa shape index (κ1) is 21.8. The van der Waals surface area contributed by atoms with Crippen LogP contribution in [0.4, 0.5) is 4.39 Å². The van der Waals surface area contributed by atoms with Crippen LogP contribution in [-0.2, 0) is 11.4 Å². The maximum absolute atomic E-state index is 15.1. The minimum Gasteiger partial charge on any atom is -0.354 e. The molecule has 1 amide bonds. The van der Waals surface area contributed by atoms with Crippen molar-refractivity contribution in [3.63, 3.8) is 0 Å². The molecule has 1 aliphatic rings. The number of nitrogens with zero attached hydrogens (tertiary/aromatic N) is 3. The van der Waals surface area contributed by atoms with E-state index in [1.807, 2.05) is 26.0 Å². The molecule has 3 heterocycles. The van der Waals surface area contributed by atoms with Gasteiger partial charge in [-0.3, -0.25) is 19.4 Å². The van der Waals surface area contributed by atoms with E-state index in [2.05, 4.69) is 20.3 Å². The lowest BCUT2D eigenvalue weighted by molar-refractivity contribution is -0.151. The number of nitrogens with one attached hydrogen (secondary N) is 2. The monoisotopic (exact) mass is 437 g/mol. The zero-order valence-electron chi connectivity index (χ0n) is 18.1. The van der Waals surface area contributed by atoms with Gasteiger partial charge in [-0.05, 0) is 23.3 Å². The van der Waals surface area contributed by atoms with E-state index in [9.17, 15) is 9.59 Å². The summed E-state index contributed by atoms with van der Waals surface area (Å²) in [5, 5.41) is 4.18. The SMILES string of the molecule is CNC(=O)c1ccc(C2=CCN(Cc3ccc4nc(C(C)C)c(=O)[nH]c4c3F)OC2)cn1. The molecule has 8 nitrogen and oxygen atoms in total. The van der Waals surface area contributed by atoms with Crippen molar-refractivity contribution >= 4 is 22.5 Å². The molecule has 1 aliphatic heterocycles. The van der Waals surface area contributed by atoms with Gasteiger partial charge in [0.25, 0.3) is 11.5 Å². The highest BCUT2D eigenvalue weighted by Crippen LogP contribution is 2.23. The first-order chi connectivity index (χ1) is 15.4. The average Bonchev–Trinajstić information content (AvgIpc) is 2.81. The molecule has 0 aliphatic carbocycles. The average molecular weight is 437 g/mol. The van der Waals surface area contributed by atoms with Gasteiger partial charge in [0.1, 0.15) is 16.9 Å². The zero-order valence-corrected chi connectivity index (χ0v) is 18.1. The van der Waals surface area contributed by atoms with E-state index in [4.69, 9.17) is 4.84 Å². The van der Waals surface area contributed by atoms with E-state index < -0.39 is 5.82 Å². The Labute approximate surface area is 184 Å². The first-order valence-corrected chi connectivity index (χ1v) is 10.3. The summed E-state index contributed by atoms with van der Waals surface area (Å²) in [6, 6.07) is 6.85. The van der Waals surface area contributed by atoms with E-state index in [0.717, 1.165) is 11.1 Å². The van der Waals surface area contributed by atoms with Gasteiger partial charge in [0, 0.05) is 31.3 Å². The van der Waals surface area contributed by atoms with Crippen LogP contribution in [0, 0.1) is 5.82 Å². The second-order valence-electron chi connectivity index (χ2n) is 7.88. The smallest absolute Gasteiger partial charge is 0.270 e. The quantitative estimate of drug-likeness (QED) is 0.637. The highest BCUT2D eigenvalue weighted by molar-refractivity contribution is 5.92. The van der Waals surface area contributed by atoms with Gasteiger partial charge in [-0.2, -0.15) is 5.06 Å². The van der Waals surface area contributed by atoms with E-state index in [1.165, 1.54) is 0 Å². The number of rotatable bonds is 5. The number of pyridine rings is 1. The zero-order chi connectivity index (χ0) is 22.8. The number of benzene rings is 1. The summed E-state index contributed by atoms with van der Waals surface area (Å²) in [7, 11) is 1.55. The van der Waals surface area contributed by atoms with Crippen LogP contribution in [0.25, 0.3) is 16.6 Å². The molecule has 166 valence electrons. The molecule has 1 aromatic carbocycles. The van der Waals surface area contributed by atoms with E-state index in [-0.39, 0.29) is 29.4 Å². The fraction of sp³-hybridized carbons (Fsp3) is 0.304. The number of carbonyl (C=O) groups excluding carboxylic acids is 1. The van der Waals surface area contributed by atoms with Crippen molar-refractivity contribution in [2.45, 2.75) is 26.3 Å². The van der Waals surface area contributed by atoms with Gasteiger partial charge in [-0.25, -0.2) is 9.37 Å². The van der Waals surface area contributed by atoms with E-state index in [1.54, 1.807) is 36.5 Å². The molecule has 0 radical (unpaired) electrons. The molecule has 9 heteroatoms. The molecule has 0 atom stereocenters.